The number of amides is 2. The van der Waals surface area contributed by atoms with Crippen molar-refractivity contribution in [2.24, 2.45) is 5.92 Å². The van der Waals surface area contributed by atoms with Crippen LogP contribution in [0, 0.1) is 5.92 Å². The number of hydrogen-bond acceptors (Lipinski definition) is 5. The first kappa shape index (κ1) is 16.6. The third kappa shape index (κ3) is 3.46. The summed E-state index contributed by atoms with van der Waals surface area (Å²) in [5, 5.41) is 12.3. The lowest BCUT2D eigenvalue weighted by atomic mass is 9.98. The van der Waals surface area contributed by atoms with Crippen LogP contribution in [-0.2, 0) is 15.0 Å². The fraction of sp³-hybridized carbons (Fsp3) is 0.412. The maximum Gasteiger partial charge on any atom is 0.231 e. The van der Waals surface area contributed by atoms with Crippen LogP contribution in [0.2, 0.25) is 0 Å². The van der Waals surface area contributed by atoms with Gasteiger partial charge in [-0.25, -0.2) is 0 Å². The number of carbonyl (C=O) groups excluding carboxylic acids is 2. The van der Waals surface area contributed by atoms with Gasteiger partial charge in [-0.15, -0.1) is 10.2 Å². The van der Waals surface area contributed by atoms with E-state index in [1.165, 1.54) is 11.3 Å². The molecule has 2 amide bonds. The Kier molecular flexibility index (Phi) is 4.36. The van der Waals surface area contributed by atoms with Crippen molar-refractivity contribution >= 4 is 34.0 Å². The molecule has 3 rings (SSSR count). The minimum atomic E-state index is -0.375. The molecule has 6 nitrogen and oxygen atoms in total. The van der Waals surface area contributed by atoms with Gasteiger partial charge in [-0.1, -0.05) is 50.3 Å². The molecule has 0 radical (unpaired) electrons. The summed E-state index contributed by atoms with van der Waals surface area (Å²) in [7, 11) is 0. The van der Waals surface area contributed by atoms with Gasteiger partial charge in [0.25, 0.3) is 0 Å². The molecule has 0 bridgehead atoms. The minimum Gasteiger partial charge on any atom is -0.312 e. The monoisotopic (exact) mass is 344 g/mol. The van der Waals surface area contributed by atoms with Crippen LogP contribution < -0.4 is 10.2 Å². The van der Waals surface area contributed by atoms with Crippen LogP contribution in [0.15, 0.2) is 30.3 Å². The molecule has 1 aliphatic heterocycles. The van der Waals surface area contributed by atoms with Gasteiger partial charge in [0.1, 0.15) is 5.01 Å². The smallest absolute Gasteiger partial charge is 0.231 e. The standard InChI is InChI=1S/C17H20N4O2S/c1-17(2,3)15-19-20-16(24-15)18-14(23)11-9-13(22)21(10-11)12-7-5-4-6-8-12/h4-8,11H,9-10H2,1-3H3,(H,18,20,23)/t11-/m1/s1. The van der Waals surface area contributed by atoms with Crippen molar-refractivity contribution in [1.82, 2.24) is 10.2 Å². The van der Waals surface area contributed by atoms with Crippen molar-refractivity contribution in [3.63, 3.8) is 0 Å². The number of rotatable bonds is 3. The topological polar surface area (TPSA) is 75.2 Å². The lowest BCUT2D eigenvalue weighted by Crippen LogP contribution is -2.28. The van der Waals surface area contributed by atoms with E-state index in [0.717, 1.165) is 10.7 Å². The lowest BCUT2D eigenvalue weighted by Gasteiger charge is -2.16. The molecule has 1 atom stereocenters. The second-order valence-corrected chi connectivity index (χ2v) is 7.87. The Balaban J connectivity index is 1.66. The van der Waals surface area contributed by atoms with Crippen LogP contribution in [0.5, 0.6) is 0 Å². The number of benzene rings is 1. The van der Waals surface area contributed by atoms with E-state index in [4.69, 9.17) is 0 Å². The molecule has 0 unspecified atom stereocenters. The van der Waals surface area contributed by atoms with Crippen molar-refractivity contribution in [2.75, 3.05) is 16.8 Å². The average Bonchev–Trinajstić information content (AvgIpc) is 3.14. The fourth-order valence-corrected chi connectivity index (χ4v) is 3.33. The molecule has 0 saturated carbocycles. The molecule has 2 heterocycles. The molecule has 0 aliphatic carbocycles. The Hall–Kier alpha value is -2.28. The van der Waals surface area contributed by atoms with Crippen LogP contribution in [-0.4, -0.2) is 28.6 Å². The summed E-state index contributed by atoms with van der Waals surface area (Å²) < 4.78 is 0. The first-order valence-corrected chi connectivity index (χ1v) is 8.66. The normalized spacial score (nSPS) is 18.0. The zero-order valence-corrected chi connectivity index (χ0v) is 14.8. The second-order valence-electron chi connectivity index (χ2n) is 6.89. The Bertz CT molecular complexity index is 751. The predicted octanol–water partition coefficient (Wildman–Crippen LogP) is 2.83. The van der Waals surface area contributed by atoms with Gasteiger partial charge in [0.2, 0.25) is 16.9 Å². The van der Waals surface area contributed by atoms with E-state index in [2.05, 4.69) is 15.5 Å². The Morgan fingerprint density at radius 1 is 1.25 bits per heavy atom. The third-order valence-corrected chi connectivity index (χ3v) is 5.12. The molecular weight excluding hydrogens is 324 g/mol. The minimum absolute atomic E-state index is 0.0333. The summed E-state index contributed by atoms with van der Waals surface area (Å²) in [6, 6.07) is 9.41. The van der Waals surface area contributed by atoms with Gasteiger partial charge in [0.05, 0.1) is 5.92 Å². The summed E-state index contributed by atoms with van der Waals surface area (Å²) >= 11 is 1.37. The molecular formula is C17H20N4O2S. The highest BCUT2D eigenvalue weighted by Crippen LogP contribution is 2.29. The van der Waals surface area contributed by atoms with Crippen LogP contribution in [0.1, 0.15) is 32.2 Å². The average molecular weight is 344 g/mol. The number of nitrogens with zero attached hydrogens (tertiary/aromatic N) is 3. The molecule has 1 aromatic carbocycles. The van der Waals surface area contributed by atoms with E-state index in [-0.39, 0.29) is 29.6 Å². The van der Waals surface area contributed by atoms with Crippen molar-refractivity contribution < 1.29 is 9.59 Å². The zero-order chi connectivity index (χ0) is 17.3. The zero-order valence-electron chi connectivity index (χ0n) is 13.9. The molecule has 1 aliphatic rings. The van der Waals surface area contributed by atoms with Crippen molar-refractivity contribution in [2.45, 2.75) is 32.6 Å². The molecule has 7 heteroatoms. The van der Waals surface area contributed by atoms with E-state index in [1.807, 2.05) is 51.1 Å². The van der Waals surface area contributed by atoms with Gasteiger partial charge in [-0.2, -0.15) is 0 Å². The maximum absolute atomic E-state index is 12.4. The Labute approximate surface area is 144 Å². The van der Waals surface area contributed by atoms with Crippen molar-refractivity contribution in [3.8, 4) is 0 Å². The van der Waals surface area contributed by atoms with Gasteiger partial charge in [-0.3, -0.25) is 9.59 Å². The predicted molar refractivity (Wildman–Crippen MR) is 94.1 cm³/mol. The van der Waals surface area contributed by atoms with Crippen LogP contribution >= 0.6 is 11.3 Å². The SMILES string of the molecule is CC(C)(C)c1nnc(NC(=O)[C@@H]2CC(=O)N(c3ccccc3)C2)s1. The van der Waals surface area contributed by atoms with Crippen molar-refractivity contribution in [1.29, 1.82) is 0 Å². The van der Waals surface area contributed by atoms with E-state index in [0.29, 0.717) is 11.7 Å². The van der Waals surface area contributed by atoms with Gasteiger partial charge >= 0.3 is 0 Å². The van der Waals surface area contributed by atoms with Gasteiger partial charge in [0, 0.05) is 24.1 Å². The summed E-state index contributed by atoms with van der Waals surface area (Å²) in [6.07, 6.45) is 0.214. The van der Waals surface area contributed by atoms with Crippen molar-refractivity contribution in [3.05, 3.63) is 35.3 Å². The van der Waals surface area contributed by atoms with Crippen LogP contribution in [0.3, 0.4) is 0 Å². The first-order chi connectivity index (χ1) is 11.3. The number of anilines is 2. The number of aromatic nitrogens is 2. The molecule has 0 spiro atoms. The van der Waals surface area contributed by atoms with Gasteiger partial charge in [0.15, 0.2) is 0 Å². The highest BCUT2D eigenvalue weighted by Gasteiger charge is 2.35. The van der Waals surface area contributed by atoms with E-state index in [1.54, 1.807) is 4.90 Å². The van der Waals surface area contributed by atoms with Gasteiger partial charge in [-0.05, 0) is 12.1 Å². The molecule has 1 fully saturated rings. The number of carbonyl (C=O) groups is 2. The fourth-order valence-electron chi connectivity index (χ4n) is 2.52. The van der Waals surface area contributed by atoms with Crippen LogP contribution in [0.25, 0.3) is 0 Å². The second kappa shape index (κ2) is 6.32. The van der Waals surface area contributed by atoms with Gasteiger partial charge < -0.3 is 10.2 Å². The molecule has 1 aromatic heterocycles. The largest absolute Gasteiger partial charge is 0.312 e. The Morgan fingerprint density at radius 3 is 2.58 bits per heavy atom. The molecule has 2 aromatic rings. The number of nitrogens with one attached hydrogen (secondary N) is 1. The molecule has 126 valence electrons. The number of para-hydroxylation sites is 1. The van der Waals surface area contributed by atoms with E-state index < -0.39 is 0 Å². The highest BCUT2D eigenvalue weighted by atomic mass is 32.1. The summed E-state index contributed by atoms with van der Waals surface area (Å²) in [5.41, 5.74) is 0.720. The molecule has 1 N–H and O–H groups in total. The number of hydrogen-bond donors (Lipinski definition) is 1. The summed E-state index contributed by atoms with van der Waals surface area (Å²) in [4.78, 5) is 26.3. The first-order valence-electron chi connectivity index (χ1n) is 7.85. The lowest BCUT2D eigenvalue weighted by molar-refractivity contribution is -0.122. The highest BCUT2D eigenvalue weighted by molar-refractivity contribution is 7.15. The molecule has 1 saturated heterocycles. The maximum atomic E-state index is 12.4. The summed E-state index contributed by atoms with van der Waals surface area (Å²) in [6.45, 7) is 6.53. The van der Waals surface area contributed by atoms with E-state index >= 15 is 0 Å². The third-order valence-electron chi connectivity index (χ3n) is 3.86. The molecule has 24 heavy (non-hydrogen) atoms. The summed E-state index contributed by atoms with van der Waals surface area (Å²) in [5.74, 6) is -0.591. The van der Waals surface area contributed by atoms with Crippen LogP contribution in [0.4, 0.5) is 10.8 Å². The Morgan fingerprint density at radius 2 is 1.96 bits per heavy atom. The quantitative estimate of drug-likeness (QED) is 0.929. The van der Waals surface area contributed by atoms with E-state index in [9.17, 15) is 9.59 Å².